The Hall–Kier alpha value is -0.570. The van der Waals surface area contributed by atoms with Gasteiger partial charge in [-0.05, 0) is 37.0 Å². The molecular formula is C12H16O3. The van der Waals surface area contributed by atoms with Gasteiger partial charge < -0.3 is 9.47 Å². The lowest BCUT2D eigenvalue weighted by atomic mass is 9.79. The molecule has 3 saturated carbocycles. The Bertz CT molecular complexity index is 327. The van der Waals surface area contributed by atoms with Gasteiger partial charge in [0.05, 0.1) is 12.2 Å². The molecule has 3 nitrogen and oxygen atoms in total. The average Bonchev–Trinajstić information content (AvgIpc) is 2.58. The summed E-state index contributed by atoms with van der Waals surface area (Å²) >= 11 is 0. The molecule has 0 unspecified atom stereocenters. The van der Waals surface area contributed by atoms with Crippen LogP contribution in [0.3, 0.4) is 0 Å². The maximum Gasteiger partial charge on any atom is 0.302 e. The normalized spacial score (nSPS) is 58.9. The summed E-state index contributed by atoms with van der Waals surface area (Å²) in [6.45, 7) is 1.52. The van der Waals surface area contributed by atoms with Gasteiger partial charge in [0.2, 0.25) is 0 Å². The smallest absolute Gasteiger partial charge is 0.302 e. The summed E-state index contributed by atoms with van der Waals surface area (Å²) in [6.07, 6.45) is 4.98. The molecule has 4 aliphatic rings. The lowest BCUT2D eigenvalue weighted by Crippen LogP contribution is -2.34. The number of rotatable bonds is 1. The molecule has 0 N–H and O–H groups in total. The van der Waals surface area contributed by atoms with E-state index in [9.17, 15) is 4.79 Å². The highest BCUT2D eigenvalue weighted by molar-refractivity contribution is 5.66. The van der Waals surface area contributed by atoms with E-state index in [1.54, 1.807) is 0 Å². The SMILES string of the molecule is CC(=O)O[C@@H]1C[C@H]2C[C@H]1[C@@H]1[C@@H]2C[C@H]2O[C@@H]12. The molecule has 0 spiro atoms. The first-order chi connectivity index (χ1) is 7.24. The van der Waals surface area contributed by atoms with E-state index in [2.05, 4.69) is 0 Å². The van der Waals surface area contributed by atoms with Crippen molar-refractivity contribution in [2.24, 2.45) is 23.7 Å². The molecule has 3 heteroatoms. The zero-order valence-electron chi connectivity index (χ0n) is 8.89. The van der Waals surface area contributed by atoms with Crippen LogP contribution in [-0.4, -0.2) is 24.3 Å². The Morgan fingerprint density at radius 3 is 2.93 bits per heavy atom. The fraction of sp³-hybridized carbons (Fsp3) is 0.917. The Morgan fingerprint density at radius 2 is 2.13 bits per heavy atom. The second-order valence-electron chi connectivity index (χ2n) is 5.66. The van der Waals surface area contributed by atoms with Gasteiger partial charge in [-0.2, -0.15) is 0 Å². The van der Waals surface area contributed by atoms with Gasteiger partial charge in [-0.3, -0.25) is 4.79 Å². The molecule has 1 heterocycles. The van der Waals surface area contributed by atoms with Crippen molar-refractivity contribution in [1.82, 2.24) is 0 Å². The summed E-state index contributed by atoms with van der Waals surface area (Å²) in [6, 6.07) is 0. The number of carbonyl (C=O) groups excluding carboxylic acids is 1. The number of carbonyl (C=O) groups is 1. The monoisotopic (exact) mass is 208 g/mol. The van der Waals surface area contributed by atoms with Crippen LogP contribution in [0.5, 0.6) is 0 Å². The summed E-state index contributed by atoms with van der Waals surface area (Å²) in [4.78, 5) is 11.0. The van der Waals surface area contributed by atoms with Crippen LogP contribution in [0.25, 0.3) is 0 Å². The molecule has 2 bridgehead atoms. The maximum atomic E-state index is 11.0. The molecule has 82 valence electrons. The highest BCUT2D eigenvalue weighted by Gasteiger charge is 2.67. The van der Waals surface area contributed by atoms with Gasteiger partial charge in [0.15, 0.2) is 0 Å². The van der Waals surface area contributed by atoms with Crippen molar-refractivity contribution in [3.05, 3.63) is 0 Å². The molecule has 0 amide bonds. The number of fused-ring (bicyclic) bond motifs is 7. The number of hydrogen-bond donors (Lipinski definition) is 0. The average molecular weight is 208 g/mol. The first-order valence-corrected chi connectivity index (χ1v) is 6.06. The lowest BCUT2D eigenvalue weighted by Gasteiger charge is -2.31. The fourth-order valence-electron chi connectivity index (χ4n) is 4.60. The van der Waals surface area contributed by atoms with Gasteiger partial charge >= 0.3 is 5.97 Å². The predicted molar refractivity (Wildman–Crippen MR) is 52.0 cm³/mol. The van der Waals surface area contributed by atoms with Crippen molar-refractivity contribution >= 4 is 5.97 Å². The quantitative estimate of drug-likeness (QED) is 0.482. The van der Waals surface area contributed by atoms with Gasteiger partial charge in [-0.15, -0.1) is 0 Å². The summed E-state index contributed by atoms with van der Waals surface area (Å²) in [5, 5.41) is 0. The Balaban J connectivity index is 1.57. The van der Waals surface area contributed by atoms with E-state index in [4.69, 9.17) is 9.47 Å². The topological polar surface area (TPSA) is 38.8 Å². The summed E-state index contributed by atoms with van der Waals surface area (Å²) in [7, 11) is 0. The van der Waals surface area contributed by atoms with Gasteiger partial charge in [-0.25, -0.2) is 0 Å². The Morgan fingerprint density at radius 1 is 1.27 bits per heavy atom. The molecule has 4 rings (SSSR count). The standard InChI is InChI=1S/C12H16O3/c1-5(13)14-9-3-6-2-8(9)11-7(6)4-10-12(11)15-10/h6-12H,2-4H2,1H3/t6-,7-,8-,9-,10-,11+,12-/m1/s1. The van der Waals surface area contributed by atoms with E-state index in [-0.39, 0.29) is 12.1 Å². The van der Waals surface area contributed by atoms with Crippen LogP contribution in [0.15, 0.2) is 0 Å². The van der Waals surface area contributed by atoms with Crippen LogP contribution in [0.2, 0.25) is 0 Å². The zero-order valence-corrected chi connectivity index (χ0v) is 8.89. The van der Waals surface area contributed by atoms with Crippen LogP contribution in [0.1, 0.15) is 26.2 Å². The number of ether oxygens (including phenoxy) is 2. The number of esters is 1. The molecule has 1 saturated heterocycles. The third-order valence-corrected chi connectivity index (χ3v) is 5.00. The Labute approximate surface area is 89.1 Å². The molecule has 1 aliphatic heterocycles. The van der Waals surface area contributed by atoms with Crippen molar-refractivity contribution in [2.45, 2.75) is 44.5 Å². The molecule has 0 aromatic rings. The van der Waals surface area contributed by atoms with Crippen molar-refractivity contribution in [2.75, 3.05) is 0 Å². The highest BCUT2D eigenvalue weighted by Crippen LogP contribution is 2.64. The van der Waals surface area contributed by atoms with Crippen molar-refractivity contribution < 1.29 is 14.3 Å². The molecule has 4 fully saturated rings. The van der Waals surface area contributed by atoms with Crippen LogP contribution in [0, 0.1) is 23.7 Å². The lowest BCUT2D eigenvalue weighted by molar-refractivity contribution is -0.150. The van der Waals surface area contributed by atoms with Crippen molar-refractivity contribution in [3.63, 3.8) is 0 Å². The second-order valence-corrected chi connectivity index (χ2v) is 5.66. The largest absolute Gasteiger partial charge is 0.462 e. The van der Waals surface area contributed by atoms with Gasteiger partial charge in [-0.1, -0.05) is 0 Å². The van der Waals surface area contributed by atoms with E-state index in [1.807, 2.05) is 0 Å². The predicted octanol–water partition coefficient (Wildman–Crippen LogP) is 1.36. The number of epoxide rings is 1. The summed E-state index contributed by atoms with van der Waals surface area (Å²) in [5.74, 6) is 2.93. The summed E-state index contributed by atoms with van der Waals surface area (Å²) < 4.78 is 11.1. The Kier molecular flexibility index (Phi) is 1.47. The molecule has 0 radical (unpaired) electrons. The van der Waals surface area contributed by atoms with Crippen LogP contribution in [-0.2, 0) is 14.3 Å². The highest BCUT2D eigenvalue weighted by atomic mass is 16.6. The molecule has 0 aromatic heterocycles. The van der Waals surface area contributed by atoms with Crippen LogP contribution >= 0.6 is 0 Å². The molecule has 3 aliphatic carbocycles. The molecular weight excluding hydrogens is 192 g/mol. The molecule has 0 aromatic carbocycles. The molecule has 15 heavy (non-hydrogen) atoms. The van der Waals surface area contributed by atoms with Crippen molar-refractivity contribution in [1.29, 1.82) is 0 Å². The van der Waals surface area contributed by atoms with Gasteiger partial charge in [0, 0.05) is 12.8 Å². The van der Waals surface area contributed by atoms with Crippen molar-refractivity contribution in [3.8, 4) is 0 Å². The third-order valence-electron chi connectivity index (χ3n) is 5.00. The van der Waals surface area contributed by atoms with E-state index in [1.165, 1.54) is 19.8 Å². The second kappa shape index (κ2) is 2.57. The first kappa shape index (κ1) is 8.57. The van der Waals surface area contributed by atoms with E-state index < -0.39 is 0 Å². The summed E-state index contributed by atoms with van der Waals surface area (Å²) in [5.41, 5.74) is 0. The fourth-order valence-corrected chi connectivity index (χ4v) is 4.60. The van der Waals surface area contributed by atoms with E-state index >= 15 is 0 Å². The van der Waals surface area contributed by atoms with E-state index in [0.29, 0.717) is 18.1 Å². The van der Waals surface area contributed by atoms with E-state index in [0.717, 1.165) is 24.2 Å². The number of hydrogen-bond acceptors (Lipinski definition) is 3. The minimum atomic E-state index is -0.115. The zero-order chi connectivity index (χ0) is 10.2. The van der Waals surface area contributed by atoms with Crippen LogP contribution < -0.4 is 0 Å². The first-order valence-electron chi connectivity index (χ1n) is 6.06. The molecule has 7 atom stereocenters. The van der Waals surface area contributed by atoms with Crippen LogP contribution in [0.4, 0.5) is 0 Å². The third kappa shape index (κ3) is 1.02. The van der Waals surface area contributed by atoms with Gasteiger partial charge in [0.1, 0.15) is 6.10 Å². The maximum absolute atomic E-state index is 11.0. The minimum Gasteiger partial charge on any atom is -0.462 e. The minimum absolute atomic E-state index is 0.115. The van der Waals surface area contributed by atoms with Gasteiger partial charge in [0.25, 0.3) is 0 Å².